The number of rotatable bonds is 4. The molecule has 0 saturated heterocycles. The molecule has 2 atom stereocenters. The van der Waals surface area contributed by atoms with Crippen molar-refractivity contribution in [3.05, 3.63) is 71.8 Å². The highest BCUT2D eigenvalue weighted by molar-refractivity contribution is 5.98. The quantitative estimate of drug-likeness (QED) is 0.860. The van der Waals surface area contributed by atoms with E-state index in [1.54, 1.807) is 38.0 Å². The lowest BCUT2D eigenvalue weighted by molar-refractivity contribution is -0.135. The second kappa shape index (κ2) is 6.36. The molecular formula is C21H24N2O2. The summed E-state index contributed by atoms with van der Waals surface area (Å²) in [6, 6.07) is 19.8. The molecule has 2 amide bonds. The van der Waals surface area contributed by atoms with Crippen LogP contribution in [0.25, 0.3) is 0 Å². The number of hydrogen-bond donors (Lipinski definition) is 0. The van der Waals surface area contributed by atoms with Crippen LogP contribution in [0.2, 0.25) is 0 Å². The lowest BCUT2D eigenvalue weighted by atomic mass is 9.84. The minimum absolute atomic E-state index is 0.00657. The summed E-state index contributed by atoms with van der Waals surface area (Å²) in [7, 11) is 6.99. The summed E-state index contributed by atoms with van der Waals surface area (Å²) in [6.45, 7) is 0. The lowest BCUT2D eigenvalue weighted by Gasteiger charge is -2.21. The highest BCUT2D eigenvalue weighted by Gasteiger charge is 2.73. The van der Waals surface area contributed by atoms with Gasteiger partial charge in [-0.25, -0.2) is 0 Å². The van der Waals surface area contributed by atoms with Crippen molar-refractivity contribution in [3.63, 3.8) is 0 Å². The Morgan fingerprint density at radius 1 is 0.680 bits per heavy atom. The van der Waals surface area contributed by atoms with Crippen LogP contribution in [0.15, 0.2) is 60.7 Å². The molecule has 0 heterocycles. The number of hydrogen-bond acceptors (Lipinski definition) is 2. The van der Waals surface area contributed by atoms with E-state index >= 15 is 0 Å². The van der Waals surface area contributed by atoms with Gasteiger partial charge >= 0.3 is 0 Å². The molecule has 0 aromatic heterocycles. The van der Waals surface area contributed by atoms with Gasteiger partial charge in [-0.2, -0.15) is 0 Å². The molecule has 1 aliphatic rings. The van der Waals surface area contributed by atoms with Crippen LogP contribution < -0.4 is 0 Å². The van der Waals surface area contributed by atoms with E-state index in [1.807, 2.05) is 60.7 Å². The van der Waals surface area contributed by atoms with Crippen molar-refractivity contribution < 1.29 is 9.59 Å². The molecule has 4 nitrogen and oxygen atoms in total. The maximum absolute atomic E-state index is 13.0. The van der Waals surface area contributed by atoms with Crippen LogP contribution in [0.3, 0.4) is 0 Å². The molecule has 2 aromatic rings. The smallest absolute Gasteiger partial charge is 0.227 e. The fourth-order valence-corrected chi connectivity index (χ4v) is 3.93. The molecule has 4 heteroatoms. The van der Waals surface area contributed by atoms with E-state index in [0.29, 0.717) is 0 Å². The molecule has 3 rings (SSSR count). The third kappa shape index (κ3) is 2.62. The highest BCUT2D eigenvalue weighted by Crippen LogP contribution is 2.64. The van der Waals surface area contributed by atoms with Crippen molar-refractivity contribution >= 4 is 11.8 Å². The largest absolute Gasteiger partial charge is 0.349 e. The van der Waals surface area contributed by atoms with Crippen LogP contribution >= 0.6 is 0 Å². The third-order valence-corrected chi connectivity index (χ3v) is 5.12. The van der Waals surface area contributed by atoms with Crippen molar-refractivity contribution in [3.8, 4) is 0 Å². The molecule has 0 aliphatic heterocycles. The molecule has 2 aromatic carbocycles. The topological polar surface area (TPSA) is 40.6 Å². The van der Waals surface area contributed by atoms with Crippen LogP contribution in [-0.2, 0) is 15.0 Å². The summed E-state index contributed by atoms with van der Waals surface area (Å²) < 4.78 is 0. The van der Waals surface area contributed by atoms with Gasteiger partial charge in [0.25, 0.3) is 0 Å². The van der Waals surface area contributed by atoms with E-state index < -0.39 is 5.41 Å². The fourth-order valence-electron chi connectivity index (χ4n) is 3.93. The maximum atomic E-state index is 13.0. The minimum Gasteiger partial charge on any atom is -0.349 e. The second-order valence-corrected chi connectivity index (χ2v) is 7.02. The predicted molar refractivity (Wildman–Crippen MR) is 98.0 cm³/mol. The molecule has 1 saturated carbocycles. The van der Waals surface area contributed by atoms with Crippen molar-refractivity contribution in [1.82, 2.24) is 9.80 Å². The Balaban J connectivity index is 2.22. The zero-order valence-corrected chi connectivity index (χ0v) is 15.1. The number of carbonyl (C=O) groups excluding carboxylic acids is 2. The van der Waals surface area contributed by atoms with Crippen LogP contribution in [-0.4, -0.2) is 49.8 Å². The molecule has 1 fully saturated rings. The Morgan fingerprint density at radius 3 is 1.28 bits per heavy atom. The highest BCUT2D eigenvalue weighted by atomic mass is 16.2. The first-order valence-corrected chi connectivity index (χ1v) is 8.45. The standard InChI is InChI=1S/C21H24N2O2/c1-22(2)19(24)17-18(20(25)23(3)4)21(17,15-11-7-5-8-12-15)16-13-9-6-10-14-16/h5-14,17-18H,1-4H3/t17-,18-/m1/s1. The maximum Gasteiger partial charge on any atom is 0.227 e. The minimum atomic E-state index is -0.606. The van der Waals surface area contributed by atoms with Gasteiger partial charge in [-0.15, -0.1) is 0 Å². The molecule has 0 bridgehead atoms. The van der Waals surface area contributed by atoms with Gasteiger partial charge in [-0.05, 0) is 11.1 Å². The molecule has 0 N–H and O–H groups in total. The van der Waals surface area contributed by atoms with Crippen LogP contribution in [0.5, 0.6) is 0 Å². The summed E-state index contributed by atoms with van der Waals surface area (Å²) >= 11 is 0. The van der Waals surface area contributed by atoms with E-state index in [2.05, 4.69) is 0 Å². The van der Waals surface area contributed by atoms with Gasteiger partial charge in [-0.1, -0.05) is 60.7 Å². The Kier molecular flexibility index (Phi) is 4.38. The monoisotopic (exact) mass is 336 g/mol. The number of nitrogens with zero attached hydrogens (tertiary/aromatic N) is 2. The van der Waals surface area contributed by atoms with Crippen LogP contribution in [0.1, 0.15) is 11.1 Å². The van der Waals surface area contributed by atoms with E-state index in [-0.39, 0.29) is 23.7 Å². The number of carbonyl (C=O) groups is 2. The number of amides is 2. The van der Waals surface area contributed by atoms with Gasteiger partial charge in [0, 0.05) is 33.6 Å². The Labute approximate surface area is 149 Å². The predicted octanol–water partition coefficient (Wildman–Crippen LogP) is 2.40. The zero-order valence-electron chi connectivity index (χ0n) is 15.1. The average molecular weight is 336 g/mol. The molecule has 0 unspecified atom stereocenters. The SMILES string of the molecule is CN(C)C(=O)[C@H]1[C@H](C(=O)N(C)C)C1(c1ccccc1)c1ccccc1. The summed E-state index contributed by atoms with van der Waals surface area (Å²) in [5.74, 6) is -0.787. The first-order chi connectivity index (χ1) is 11.9. The first kappa shape index (κ1) is 17.2. The normalized spacial score (nSPS) is 20.6. The summed E-state index contributed by atoms with van der Waals surface area (Å²) in [4.78, 5) is 29.1. The van der Waals surface area contributed by atoms with Crippen LogP contribution in [0, 0.1) is 11.8 Å². The van der Waals surface area contributed by atoms with Gasteiger partial charge in [0.15, 0.2) is 0 Å². The van der Waals surface area contributed by atoms with Gasteiger partial charge in [0.2, 0.25) is 11.8 Å². The fraction of sp³-hybridized carbons (Fsp3) is 0.333. The van der Waals surface area contributed by atoms with Gasteiger partial charge < -0.3 is 9.80 Å². The van der Waals surface area contributed by atoms with E-state index in [9.17, 15) is 9.59 Å². The van der Waals surface area contributed by atoms with Crippen molar-refractivity contribution in [2.24, 2.45) is 11.8 Å². The Morgan fingerprint density at radius 2 is 1.00 bits per heavy atom. The van der Waals surface area contributed by atoms with Crippen molar-refractivity contribution in [1.29, 1.82) is 0 Å². The summed E-state index contributed by atoms with van der Waals surface area (Å²) in [5, 5.41) is 0. The molecular weight excluding hydrogens is 312 g/mol. The molecule has 0 radical (unpaired) electrons. The molecule has 130 valence electrons. The van der Waals surface area contributed by atoms with Gasteiger partial charge in [-0.3, -0.25) is 9.59 Å². The Hall–Kier alpha value is -2.62. The van der Waals surface area contributed by atoms with Crippen molar-refractivity contribution in [2.75, 3.05) is 28.2 Å². The van der Waals surface area contributed by atoms with Gasteiger partial charge in [0.05, 0.1) is 11.8 Å². The zero-order chi connectivity index (χ0) is 18.2. The average Bonchev–Trinajstić information content (AvgIpc) is 3.32. The van der Waals surface area contributed by atoms with Crippen LogP contribution in [0.4, 0.5) is 0 Å². The molecule has 25 heavy (non-hydrogen) atoms. The van der Waals surface area contributed by atoms with E-state index in [0.717, 1.165) is 11.1 Å². The number of benzene rings is 2. The Bertz CT molecular complexity index is 701. The van der Waals surface area contributed by atoms with E-state index in [1.165, 1.54) is 0 Å². The molecule has 0 spiro atoms. The third-order valence-electron chi connectivity index (χ3n) is 5.12. The summed E-state index contributed by atoms with van der Waals surface area (Å²) in [5.41, 5.74) is 1.42. The van der Waals surface area contributed by atoms with Gasteiger partial charge in [0.1, 0.15) is 0 Å². The summed E-state index contributed by atoms with van der Waals surface area (Å²) in [6.07, 6.45) is 0. The second-order valence-electron chi connectivity index (χ2n) is 7.02. The first-order valence-electron chi connectivity index (χ1n) is 8.45. The lowest BCUT2D eigenvalue weighted by Crippen LogP contribution is -2.28. The molecule has 1 aliphatic carbocycles. The van der Waals surface area contributed by atoms with Crippen molar-refractivity contribution in [2.45, 2.75) is 5.41 Å². The van der Waals surface area contributed by atoms with E-state index in [4.69, 9.17) is 0 Å².